The molecule has 0 saturated carbocycles. The molecule has 0 atom stereocenters. The van der Waals surface area contributed by atoms with Gasteiger partial charge < -0.3 is 9.64 Å². The maximum absolute atomic E-state index is 12.0. The van der Waals surface area contributed by atoms with Gasteiger partial charge in [-0.25, -0.2) is 4.98 Å². The quantitative estimate of drug-likeness (QED) is 0.843. The minimum atomic E-state index is -0.117. The molecular formula is C15H16N2O2. The average Bonchev–Trinajstić information content (AvgIpc) is 2.46. The van der Waals surface area contributed by atoms with Crippen molar-refractivity contribution in [3.05, 3.63) is 54.2 Å². The molecule has 1 heterocycles. The zero-order valence-corrected chi connectivity index (χ0v) is 11.0. The van der Waals surface area contributed by atoms with Crippen LogP contribution in [0.25, 0.3) is 0 Å². The third kappa shape index (κ3) is 3.55. The molecule has 0 unspecified atom stereocenters. The second kappa shape index (κ2) is 6.00. The number of pyridine rings is 1. The summed E-state index contributed by atoms with van der Waals surface area (Å²) in [4.78, 5) is 17.6. The largest absolute Gasteiger partial charge is 0.468 e. The van der Waals surface area contributed by atoms with E-state index in [9.17, 15) is 4.79 Å². The van der Waals surface area contributed by atoms with Gasteiger partial charge in [0.15, 0.2) is 6.61 Å². The van der Waals surface area contributed by atoms with E-state index < -0.39 is 0 Å². The number of amides is 1. The molecule has 1 aromatic carbocycles. The molecule has 0 radical (unpaired) electrons. The molecule has 0 N–H and O–H groups in total. The fraction of sp³-hybridized carbons (Fsp3) is 0.200. The Labute approximate surface area is 112 Å². The zero-order chi connectivity index (χ0) is 13.7. The highest BCUT2D eigenvalue weighted by atomic mass is 16.5. The van der Waals surface area contributed by atoms with E-state index in [1.165, 1.54) is 0 Å². The standard InChI is InChI=1S/C15H16N2O2/c1-12-8-9-14(16-10-12)19-11-15(18)17(2)13-6-4-3-5-7-13/h3-10H,11H2,1-2H3. The Morgan fingerprint density at radius 1 is 1.21 bits per heavy atom. The van der Waals surface area contributed by atoms with E-state index in [4.69, 9.17) is 4.74 Å². The maximum atomic E-state index is 12.0. The SMILES string of the molecule is Cc1ccc(OCC(=O)N(C)c2ccccc2)nc1. The van der Waals surface area contributed by atoms with Crippen LogP contribution in [0.2, 0.25) is 0 Å². The molecular weight excluding hydrogens is 240 g/mol. The lowest BCUT2D eigenvalue weighted by atomic mass is 10.3. The average molecular weight is 256 g/mol. The Balaban J connectivity index is 1.93. The summed E-state index contributed by atoms with van der Waals surface area (Å²) >= 11 is 0. The molecule has 4 heteroatoms. The number of para-hydroxylation sites is 1. The molecule has 0 spiro atoms. The highest BCUT2D eigenvalue weighted by Crippen LogP contribution is 2.12. The van der Waals surface area contributed by atoms with E-state index in [-0.39, 0.29) is 12.5 Å². The Kier molecular flexibility index (Phi) is 4.13. The monoisotopic (exact) mass is 256 g/mol. The van der Waals surface area contributed by atoms with Crippen LogP contribution in [0.1, 0.15) is 5.56 Å². The van der Waals surface area contributed by atoms with Crippen LogP contribution >= 0.6 is 0 Å². The predicted molar refractivity (Wildman–Crippen MR) is 74.3 cm³/mol. The molecule has 0 bridgehead atoms. The summed E-state index contributed by atoms with van der Waals surface area (Å²) in [6, 6.07) is 13.1. The Morgan fingerprint density at radius 3 is 2.58 bits per heavy atom. The van der Waals surface area contributed by atoms with Gasteiger partial charge in [-0.1, -0.05) is 24.3 Å². The van der Waals surface area contributed by atoms with E-state index in [1.54, 1.807) is 24.2 Å². The number of aromatic nitrogens is 1. The van der Waals surface area contributed by atoms with E-state index in [1.807, 2.05) is 43.3 Å². The van der Waals surface area contributed by atoms with Gasteiger partial charge in [0.25, 0.3) is 5.91 Å². The lowest BCUT2D eigenvalue weighted by molar-refractivity contribution is -0.120. The van der Waals surface area contributed by atoms with Crippen LogP contribution in [-0.4, -0.2) is 24.5 Å². The third-order valence-electron chi connectivity index (χ3n) is 2.75. The van der Waals surface area contributed by atoms with Gasteiger partial charge >= 0.3 is 0 Å². The number of ether oxygens (including phenoxy) is 1. The number of carbonyl (C=O) groups is 1. The van der Waals surface area contributed by atoms with E-state index in [0.29, 0.717) is 5.88 Å². The molecule has 1 aromatic heterocycles. The van der Waals surface area contributed by atoms with E-state index >= 15 is 0 Å². The van der Waals surface area contributed by atoms with Crippen LogP contribution in [0.3, 0.4) is 0 Å². The van der Waals surface area contributed by atoms with Crippen molar-refractivity contribution in [1.29, 1.82) is 0 Å². The van der Waals surface area contributed by atoms with Gasteiger partial charge in [-0.15, -0.1) is 0 Å². The lowest BCUT2D eigenvalue weighted by Gasteiger charge is -2.17. The molecule has 2 rings (SSSR count). The topological polar surface area (TPSA) is 42.4 Å². The van der Waals surface area contributed by atoms with Gasteiger partial charge in [0, 0.05) is 25.0 Å². The van der Waals surface area contributed by atoms with Crippen LogP contribution in [-0.2, 0) is 4.79 Å². The number of nitrogens with zero attached hydrogens (tertiary/aromatic N) is 2. The molecule has 4 nitrogen and oxygen atoms in total. The minimum Gasteiger partial charge on any atom is -0.468 e. The number of rotatable bonds is 4. The van der Waals surface area contributed by atoms with Crippen molar-refractivity contribution in [1.82, 2.24) is 4.98 Å². The molecule has 2 aromatic rings. The highest BCUT2D eigenvalue weighted by molar-refractivity contribution is 5.93. The summed E-state index contributed by atoms with van der Waals surface area (Å²) in [7, 11) is 1.73. The molecule has 98 valence electrons. The van der Waals surface area contributed by atoms with Crippen LogP contribution in [0, 0.1) is 6.92 Å². The highest BCUT2D eigenvalue weighted by Gasteiger charge is 2.11. The summed E-state index contributed by atoms with van der Waals surface area (Å²) in [6.07, 6.45) is 1.71. The number of aryl methyl sites for hydroxylation is 1. The summed E-state index contributed by atoms with van der Waals surface area (Å²) in [5, 5.41) is 0. The van der Waals surface area contributed by atoms with Gasteiger partial charge in [-0.3, -0.25) is 4.79 Å². The summed E-state index contributed by atoms with van der Waals surface area (Å²) in [6.45, 7) is 1.92. The summed E-state index contributed by atoms with van der Waals surface area (Å²) in [5.41, 5.74) is 1.90. The van der Waals surface area contributed by atoms with Crippen molar-refractivity contribution in [3.8, 4) is 5.88 Å². The molecule has 0 saturated heterocycles. The molecule has 19 heavy (non-hydrogen) atoms. The van der Waals surface area contributed by atoms with Crippen molar-refractivity contribution < 1.29 is 9.53 Å². The van der Waals surface area contributed by atoms with E-state index in [0.717, 1.165) is 11.3 Å². The number of anilines is 1. The molecule has 0 aliphatic carbocycles. The van der Waals surface area contributed by atoms with Gasteiger partial charge in [0.05, 0.1) is 0 Å². The predicted octanol–water partition coefficient (Wildman–Crippen LogP) is 2.43. The van der Waals surface area contributed by atoms with Crippen molar-refractivity contribution in [3.63, 3.8) is 0 Å². The zero-order valence-electron chi connectivity index (χ0n) is 11.0. The molecule has 0 aliphatic heterocycles. The third-order valence-corrected chi connectivity index (χ3v) is 2.75. The smallest absolute Gasteiger partial charge is 0.264 e. The first-order chi connectivity index (χ1) is 9.16. The van der Waals surface area contributed by atoms with Gasteiger partial charge in [0.2, 0.25) is 5.88 Å². The second-order valence-electron chi connectivity index (χ2n) is 4.25. The minimum absolute atomic E-state index is 0.0263. The number of benzene rings is 1. The summed E-state index contributed by atoms with van der Waals surface area (Å²) in [5.74, 6) is 0.342. The Morgan fingerprint density at radius 2 is 1.95 bits per heavy atom. The van der Waals surface area contributed by atoms with Gasteiger partial charge in [-0.2, -0.15) is 0 Å². The molecule has 0 aliphatic rings. The lowest BCUT2D eigenvalue weighted by Crippen LogP contribution is -2.31. The van der Waals surface area contributed by atoms with Crippen molar-refractivity contribution in [2.24, 2.45) is 0 Å². The second-order valence-corrected chi connectivity index (χ2v) is 4.25. The van der Waals surface area contributed by atoms with Gasteiger partial charge in [-0.05, 0) is 24.6 Å². The van der Waals surface area contributed by atoms with Crippen molar-refractivity contribution in [2.75, 3.05) is 18.6 Å². The van der Waals surface area contributed by atoms with Crippen LogP contribution in [0.5, 0.6) is 5.88 Å². The first-order valence-electron chi connectivity index (χ1n) is 6.04. The van der Waals surface area contributed by atoms with Crippen LogP contribution < -0.4 is 9.64 Å². The fourth-order valence-electron chi connectivity index (χ4n) is 1.57. The van der Waals surface area contributed by atoms with Crippen LogP contribution in [0.15, 0.2) is 48.7 Å². The van der Waals surface area contributed by atoms with Gasteiger partial charge in [0.1, 0.15) is 0 Å². The van der Waals surface area contributed by atoms with Crippen LogP contribution in [0.4, 0.5) is 5.69 Å². The maximum Gasteiger partial charge on any atom is 0.264 e. The number of carbonyl (C=O) groups excluding carboxylic acids is 1. The molecule has 0 fully saturated rings. The summed E-state index contributed by atoms with van der Waals surface area (Å²) < 4.78 is 5.36. The number of hydrogen-bond donors (Lipinski definition) is 0. The fourth-order valence-corrected chi connectivity index (χ4v) is 1.57. The Hall–Kier alpha value is -2.36. The Bertz CT molecular complexity index is 538. The van der Waals surface area contributed by atoms with E-state index in [2.05, 4.69) is 4.98 Å². The van der Waals surface area contributed by atoms with Crippen molar-refractivity contribution >= 4 is 11.6 Å². The number of hydrogen-bond acceptors (Lipinski definition) is 3. The number of likely N-dealkylation sites (N-methyl/N-ethyl adjacent to an activating group) is 1. The first-order valence-corrected chi connectivity index (χ1v) is 6.04. The van der Waals surface area contributed by atoms with Crippen molar-refractivity contribution in [2.45, 2.75) is 6.92 Å². The first kappa shape index (κ1) is 13.1. The normalized spacial score (nSPS) is 10.0. The molecule has 1 amide bonds.